The molecular weight excluding hydrogens is 371 g/mol. The number of aromatic nitrogens is 1. The maximum absolute atomic E-state index is 13.8. The molecule has 0 saturated heterocycles. The molecule has 0 fully saturated rings. The van der Waals surface area contributed by atoms with E-state index in [2.05, 4.69) is 31.1 Å². The lowest BCUT2D eigenvalue weighted by atomic mass is 10.1. The normalized spacial score (nSPS) is 13.6. The largest absolute Gasteiger partial charge is 0.444 e. The van der Waals surface area contributed by atoms with Crippen molar-refractivity contribution in [3.8, 4) is 0 Å². The predicted molar refractivity (Wildman–Crippen MR) is 118 cm³/mol. The zero-order valence-electron chi connectivity index (χ0n) is 18.3. The summed E-state index contributed by atoms with van der Waals surface area (Å²) in [5, 5.41) is 5.31. The number of halogens is 1. The van der Waals surface area contributed by atoms with Gasteiger partial charge in [0.2, 0.25) is 0 Å². The zero-order valence-corrected chi connectivity index (χ0v) is 19.3. The number of carbonyl (C=O) groups is 1. The lowest BCUT2D eigenvalue weighted by Gasteiger charge is -2.29. The van der Waals surface area contributed by atoms with Crippen LogP contribution in [0.5, 0.6) is 0 Å². The summed E-state index contributed by atoms with van der Waals surface area (Å²) in [7, 11) is -1.71. The Morgan fingerprint density at radius 1 is 1.21 bits per heavy atom. The molecule has 2 aromatic rings. The molecule has 0 saturated carbocycles. The maximum Gasteiger partial charge on any atom is 0.407 e. The Morgan fingerprint density at radius 2 is 1.82 bits per heavy atom. The van der Waals surface area contributed by atoms with E-state index in [9.17, 15) is 9.18 Å². The van der Waals surface area contributed by atoms with Crippen molar-refractivity contribution < 1.29 is 13.9 Å². The first-order valence-electron chi connectivity index (χ1n) is 10.3. The van der Waals surface area contributed by atoms with Gasteiger partial charge < -0.3 is 15.0 Å². The number of ether oxygens (including phenoxy) is 1. The monoisotopic (exact) mass is 406 g/mol. The second kappa shape index (κ2) is 8.68. The van der Waals surface area contributed by atoms with Crippen LogP contribution in [0.15, 0.2) is 18.2 Å². The van der Waals surface area contributed by atoms with Crippen molar-refractivity contribution in [3.05, 3.63) is 29.6 Å². The zero-order chi connectivity index (χ0) is 21.1. The maximum atomic E-state index is 13.8. The van der Waals surface area contributed by atoms with Crippen molar-refractivity contribution in [2.45, 2.75) is 84.7 Å². The molecule has 28 heavy (non-hydrogen) atoms. The Hall–Kier alpha value is -1.82. The Labute approximate surface area is 169 Å². The van der Waals surface area contributed by atoms with Crippen LogP contribution in [-0.2, 0) is 11.2 Å². The van der Waals surface area contributed by atoms with E-state index in [1.165, 1.54) is 16.9 Å². The molecule has 0 aliphatic heterocycles. The van der Waals surface area contributed by atoms with Crippen molar-refractivity contribution in [1.82, 2.24) is 10.3 Å². The molecule has 0 aliphatic rings. The quantitative estimate of drug-likeness (QED) is 0.598. The minimum Gasteiger partial charge on any atom is -0.444 e. The SMILES string of the molecule is CC[Si](CC)(CC)c1[nH]c2cc(F)ccc2c1C[C@@H](C)NC(=O)OC(C)(C)C. The van der Waals surface area contributed by atoms with E-state index in [1.807, 2.05) is 33.8 Å². The Kier molecular flexibility index (Phi) is 6.96. The lowest BCUT2D eigenvalue weighted by molar-refractivity contribution is 0.0508. The summed E-state index contributed by atoms with van der Waals surface area (Å²) >= 11 is 0. The minimum absolute atomic E-state index is 0.0880. The number of fused-ring (bicyclic) bond motifs is 1. The van der Waals surface area contributed by atoms with Crippen molar-refractivity contribution in [2.75, 3.05) is 0 Å². The van der Waals surface area contributed by atoms with Crippen LogP contribution in [0.25, 0.3) is 10.9 Å². The Balaban J connectivity index is 2.41. The van der Waals surface area contributed by atoms with E-state index < -0.39 is 19.8 Å². The van der Waals surface area contributed by atoms with Crippen LogP contribution >= 0.6 is 0 Å². The summed E-state index contributed by atoms with van der Waals surface area (Å²) in [6.45, 7) is 14.3. The highest BCUT2D eigenvalue weighted by molar-refractivity contribution is 6.91. The fourth-order valence-electron chi connectivity index (χ4n) is 4.04. The number of alkyl carbamates (subject to hydrolysis) is 1. The molecule has 0 unspecified atom stereocenters. The summed E-state index contributed by atoms with van der Waals surface area (Å²) in [4.78, 5) is 15.7. The van der Waals surface area contributed by atoms with Crippen LogP contribution in [0, 0.1) is 5.82 Å². The van der Waals surface area contributed by atoms with Crippen LogP contribution in [0.1, 0.15) is 54.0 Å². The van der Waals surface area contributed by atoms with Crippen molar-refractivity contribution in [1.29, 1.82) is 0 Å². The fraction of sp³-hybridized carbons (Fsp3) is 0.591. The van der Waals surface area contributed by atoms with E-state index in [-0.39, 0.29) is 11.9 Å². The summed E-state index contributed by atoms with van der Waals surface area (Å²) in [6.07, 6.45) is 0.284. The third-order valence-corrected chi connectivity index (χ3v) is 11.3. The number of H-pyrrole nitrogens is 1. The first kappa shape index (κ1) is 22.5. The minimum atomic E-state index is -1.71. The van der Waals surface area contributed by atoms with Gasteiger partial charge in [0.1, 0.15) is 19.5 Å². The Bertz CT molecular complexity index is 814. The molecule has 1 aromatic carbocycles. The number of amides is 1. The van der Waals surface area contributed by atoms with Gasteiger partial charge in [0.15, 0.2) is 0 Å². The summed E-state index contributed by atoms with van der Waals surface area (Å²) in [6, 6.07) is 8.27. The van der Waals surface area contributed by atoms with Gasteiger partial charge in [-0.1, -0.05) is 38.9 Å². The van der Waals surface area contributed by atoms with Gasteiger partial charge >= 0.3 is 6.09 Å². The molecule has 0 bridgehead atoms. The van der Waals surface area contributed by atoms with E-state index in [1.54, 1.807) is 6.07 Å². The van der Waals surface area contributed by atoms with E-state index in [0.29, 0.717) is 6.42 Å². The molecule has 2 N–H and O–H groups in total. The average Bonchev–Trinajstić information content (AvgIpc) is 2.93. The van der Waals surface area contributed by atoms with E-state index in [4.69, 9.17) is 4.74 Å². The fourth-order valence-corrected chi connectivity index (χ4v) is 7.88. The predicted octanol–water partition coefficient (Wildman–Crippen LogP) is 5.48. The molecule has 1 aromatic heterocycles. The molecule has 1 heterocycles. The second-order valence-electron chi connectivity index (χ2n) is 8.76. The molecule has 1 amide bonds. The van der Waals surface area contributed by atoms with Crippen molar-refractivity contribution in [3.63, 3.8) is 0 Å². The summed E-state index contributed by atoms with van der Waals surface area (Å²) < 4.78 is 19.2. The number of rotatable bonds is 7. The third kappa shape index (κ3) is 4.96. The molecule has 1 atom stereocenters. The third-order valence-electron chi connectivity index (χ3n) is 5.70. The molecule has 2 rings (SSSR count). The standard InChI is InChI=1S/C22H35FN2O2Si/c1-8-28(9-2,10-3)20-18(17-12-11-16(23)14-19(17)25-20)13-15(4)24-21(26)27-22(5,6)7/h11-12,14-15,25H,8-10,13H2,1-7H3,(H,24,26)/t15-/m1/s1. The molecule has 0 radical (unpaired) electrons. The van der Waals surface area contributed by atoms with Gasteiger partial charge in [0.25, 0.3) is 0 Å². The van der Waals surface area contributed by atoms with Crippen LogP contribution < -0.4 is 10.6 Å². The summed E-state index contributed by atoms with van der Waals surface area (Å²) in [5.74, 6) is -0.233. The van der Waals surface area contributed by atoms with Crippen molar-refractivity contribution in [2.24, 2.45) is 0 Å². The molecule has 4 nitrogen and oxygen atoms in total. The van der Waals surface area contributed by atoms with Crippen LogP contribution in [0.4, 0.5) is 9.18 Å². The van der Waals surface area contributed by atoms with Gasteiger partial charge in [-0.2, -0.15) is 0 Å². The average molecular weight is 407 g/mol. The van der Waals surface area contributed by atoms with Crippen LogP contribution in [-0.4, -0.2) is 30.8 Å². The highest BCUT2D eigenvalue weighted by atomic mass is 28.3. The molecule has 0 spiro atoms. The highest BCUT2D eigenvalue weighted by Gasteiger charge is 2.34. The first-order chi connectivity index (χ1) is 13.0. The number of aromatic amines is 1. The van der Waals surface area contributed by atoms with Gasteiger partial charge in [0, 0.05) is 22.3 Å². The van der Waals surface area contributed by atoms with Gasteiger partial charge in [-0.05, 0) is 57.9 Å². The Morgan fingerprint density at radius 3 is 2.36 bits per heavy atom. The smallest absolute Gasteiger partial charge is 0.407 e. The van der Waals surface area contributed by atoms with Crippen LogP contribution in [0.3, 0.4) is 0 Å². The molecule has 0 aliphatic carbocycles. The van der Waals surface area contributed by atoms with Gasteiger partial charge in [0.05, 0.1) is 0 Å². The first-order valence-corrected chi connectivity index (χ1v) is 13.0. The van der Waals surface area contributed by atoms with Crippen LogP contribution in [0.2, 0.25) is 18.1 Å². The van der Waals surface area contributed by atoms with E-state index >= 15 is 0 Å². The molecular formula is C22H35FN2O2Si. The van der Waals surface area contributed by atoms with Crippen molar-refractivity contribution >= 4 is 30.4 Å². The van der Waals surface area contributed by atoms with Gasteiger partial charge in [-0.15, -0.1) is 0 Å². The molecule has 156 valence electrons. The summed E-state index contributed by atoms with van der Waals surface area (Å²) in [5.41, 5.74) is 1.54. The van der Waals surface area contributed by atoms with Gasteiger partial charge in [-0.3, -0.25) is 0 Å². The number of nitrogens with one attached hydrogen (secondary N) is 2. The molecule has 6 heteroatoms. The number of hydrogen-bond acceptors (Lipinski definition) is 2. The number of benzene rings is 1. The second-order valence-corrected chi connectivity index (χ2v) is 13.9. The topological polar surface area (TPSA) is 54.1 Å². The number of hydrogen-bond donors (Lipinski definition) is 2. The lowest BCUT2D eigenvalue weighted by Crippen LogP contribution is -2.49. The van der Waals surface area contributed by atoms with E-state index in [0.717, 1.165) is 29.0 Å². The van der Waals surface area contributed by atoms with Gasteiger partial charge in [-0.25, -0.2) is 9.18 Å². The number of carbonyl (C=O) groups excluding carboxylic acids is 1. The highest BCUT2D eigenvalue weighted by Crippen LogP contribution is 2.27.